The van der Waals surface area contributed by atoms with Crippen molar-refractivity contribution in [2.75, 3.05) is 5.32 Å². The van der Waals surface area contributed by atoms with Crippen molar-refractivity contribution < 1.29 is 18.3 Å². The lowest BCUT2D eigenvalue weighted by Gasteiger charge is -2.07. The van der Waals surface area contributed by atoms with Crippen LogP contribution in [0.3, 0.4) is 0 Å². The van der Waals surface area contributed by atoms with E-state index in [4.69, 9.17) is 27.9 Å². The van der Waals surface area contributed by atoms with Gasteiger partial charge < -0.3 is 10.1 Å². The van der Waals surface area contributed by atoms with Crippen LogP contribution < -0.4 is 10.1 Å². The Morgan fingerprint density at radius 1 is 1.00 bits per heavy atom. The summed E-state index contributed by atoms with van der Waals surface area (Å²) < 4.78 is 32.2. The fraction of sp³-hybridized carbons (Fsp3) is 0.0476. The van der Waals surface area contributed by atoms with Gasteiger partial charge in [-0.15, -0.1) is 0 Å². The number of ether oxygens (including phenoxy) is 1. The molecule has 0 fully saturated rings. The summed E-state index contributed by atoms with van der Waals surface area (Å²) in [6, 6.07) is 12.8. The van der Waals surface area contributed by atoms with Crippen LogP contribution in [-0.2, 0) is 6.61 Å². The zero-order valence-electron chi connectivity index (χ0n) is 15.2. The summed E-state index contributed by atoms with van der Waals surface area (Å²) in [5, 5.41) is 11.0. The average Bonchev–Trinajstić information content (AvgIpc) is 3.07. The minimum absolute atomic E-state index is 0.00651. The van der Waals surface area contributed by atoms with Crippen LogP contribution in [0.1, 0.15) is 15.9 Å². The summed E-state index contributed by atoms with van der Waals surface area (Å²) >= 11 is 11.9. The lowest BCUT2D eigenvalue weighted by Crippen LogP contribution is -2.12. The third-order valence-corrected chi connectivity index (χ3v) is 4.66. The van der Waals surface area contributed by atoms with Crippen LogP contribution in [0.4, 0.5) is 14.6 Å². The van der Waals surface area contributed by atoms with E-state index in [1.54, 1.807) is 18.2 Å². The molecule has 1 heterocycles. The molecule has 0 saturated heterocycles. The van der Waals surface area contributed by atoms with E-state index in [0.29, 0.717) is 43.6 Å². The molecule has 0 saturated carbocycles. The lowest BCUT2D eigenvalue weighted by atomic mass is 10.2. The van der Waals surface area contributed by atoms with Crippen molar-refractivity contribution in [3.8, 4) is 5.75 Å². The molecule has 2 N–H and O–H groups in total. The predicted molar refractivity (Wildman–Crippen MR) is 111 cm³/mol. The number of anilines is 1. The van der Waals surface area contributed by atoms with Gasteiger partial charge in [0.15, 0.2) is 5.82 Å². The van der Waals surface area contributed by atoms with Crippen LogP contribution in [-0.4, -0.2) is 16.1 Å². The Kier molecular flexibility index (Phi) is 5.57. The molecule has 4 rings (SSSR count). The number of aromatic nitrogens is 2. The molecule has 0 radical (unpaired) electrons. The van der Waals surface area contributed by atoms with E-state index in [9.17, 15) is 13.6 Å². The molecule has 3 aromatic carbocycles. The van der Waals surface area contributed by atoms with Gasteiger partial charge in [0.1, 0.15) is 24.0 Å². The summed E-state index contributed by atoms with van der Waals surface area (Å²) in [7, 11) is 0. The number of carbonyl (C=O) groups excluding carboxylic acids is 1. The average molecular weight is 448 g/mol. The maximum absolute atomic E-state index is 13.3. The van der Waals surface area contributed by atoms with Crippen LogP contribution in [0, 0.1) is 11.6 Å². The second kappa shape index (κ2) is 8.30. The SMILES string of the molecule is O=C(Nc1n[nH]c2cc(OCc3cc(F)cc(F)c3)ccc12)c1cc(Cl)cc(Cl)c1. The summed E-state index contributed by atoms with van der Waals surface area (Å²) in [5.41, 5.74) is 1.27. The molecule has 1 aromatic heterocycles. The smallest absolute Gasteiger partial charge is 0.256 e. The molecule has 1 amide bonds. The number of hydrogen-bond acceptors (Lipinski definition) is 3. The fourth-order valence-corrected chi connectivity index (χ4v) is 3.44. The minimum Gasteiger partial charge on any atom is -0.489 e. The Morgan fingerprint density at radius 3 is 2.40 bits per heavy atom. The number of nitrogens with zero attached hydrogens (tertiary/aromatic N) is 1. The van der Waals surface area contributed by atoms with Crippen molar-refractivity contribution in [2.45, 2.75) is 6.61 Å². The van der Waals surface area contributed by atoms with E-state index < -0.39 is 17.5 Å². The Labute approximate surface area is 179 Å². The fourth-order valence-electron chi connectivity index (χ4n) is 2.91. The molecule has 0 unspecified atom stereocenters. The number of amides is 1. The standard InChI is InChI=1S/C21H13Cl2F2N3O2/c22-13-5-12(6-14(23)7-13)21(29)26-20-18-2-1-17(9-19(18)27-28-20)30-10-11-3-15(24)8-16(25)4-11/h1-9H,10H2,(H2,26,27,28,29). The van der Waals surface area contributed by atoms with E-state index >= 15 is 0 Å². The first kappa shape index (κ1) is 20.1. The third kappa shape index (κ3) is 4.53. The molecule has 0 spiro atoms. The Balaban J connectivity index is 1.50. The van der Waals surface area contributed by atoms with Gasteiger partial charge in [0, 0.05) is 33.1 Å². The Bertz CT molecular complexity index is 1220. The van der Waals surface area contributed by atoms with Crippen molar-refractivity contribution in [2.24, 2.45) is 0 Å². The molecule has 0 aliphatic heterocycles. The van der Waals surface area contributed by atoms with Gasteiger partial charge in [0.25, 0.3) is 5.91 Å². The molecule has 0 aliphatic carbocycles. The first-order valence-electron chi connectivity index (χ1n) is 8.71. The Morgan fingerprint density at radius 2 is 1.70 bits per heavy atom. The van der Waals surface area contributed by atoms with Gasteiger partial charge in [-0.05, 0) is 48.0 Å². The van der Waals surface area contributed by atoms with Gasteiger partial charge in [0.2, 0.25) is 0 Å². The zero-order valence-corrected chi connectivity index (χ0v) is 16.7. The number of hydrogen-bond donors (Lipinski definition) is 2. The number of fused-ring (bicyclic) bond motifs is 1. The number of nitrogens with one attached hydrogen (secondary N) is 2. The number of carbonyl (C=O) groups is 1. The van der Waals surface area contributed by atoms with Crippen LogP contribution >= 0.6 is 23.2 Å². The van der Waals surface area contributed by atoms with E-state index in [0.717, 1.165) is 6.07 Å². The summed E-state index contributed by atoms with van der Waals surface area (Å²) in [6.45, 7) is -0.00651. The van der Waals surface area contributed by atoms with Gasteiger partial charge in [-0.2, -0.15) is 5.10 Å². The minimum atomic E-state index is -0.668. The molecule has 30 heavy (non-hydrogen) atoms. The summed E-state index contributed by atoms with van der Waals surface area (Å²) in [4.78, 5) is 12.5. The first-order chi connectivity index (χ1) is 14.4. The van der Waals surface area contributed by atoms with Gasteiger partial charge in [-0.3, -0.25) is 9.89 Å². The second-order valence-electron chi connectivity index (χ2n) is 6.46. The van der Waals surface area contributed by atoms with Crippen molar-refractivity contribution in [3.05, 3.63) is 87.4 Å². The van der Waals surface area contributed by atoms with E-state index in [2.05, 4.69) is 15.5 Å². The number of aromatic amines is 1. The molecular weight excluding hydrogens is 435 g/mol. The number of benzene rings is 3. The van der Waals surface area contributed by atoms with Gasteiger partial charge in [-0.1, -0.05) is 23.2 Å². The quantitative estimate of drug-likeness (QED) is 0.395. The van der Waals surface area contributed by atoms with Crippen LogP contribution in [0.5, 0.6) is 5.75 Å². The molecule has 0 atom stereocenters. The predicted octanol–water partition coefficient (Wildman–Crippen LogP) is 5.98. The van der Waals surface area contributed by atoms with Gasteiger partial charge >= 0.3 is 0 Å². The largest absolute Gasteiger partial charge is 0.489 e. The third-order valence-electron chi connectivity index (χ3n) is 4.22. The molecular formula is C21H13Cl2F2N3O2. The molecule has 152 valence electrons. The summed E-state index contributed by atoms with van der Waals surface area (Å²) in [5.74, 6) is -0.959. The molecule has 4 aromatic rings. The van der Waals surface area contributed by atoms with E-state index in [1.165, 1.54) is 30.3 Å². The zero-order chi connectivity index (χ0) is 21.3. The number of halogens is 4. The van der Waals surface area contributed by atoms with Crippen molar-refractivity contribution in [1.29, 1.82) is 0 Å². The number of rotatable bonds is 5. The maximum Gasteiger partial charge on any atom is 0.256 e. The molecule has 9 heteroatoms. The second-order valence-corrected chi connectivity index (χ2v) is 7.33. The number of H-pyrrole nitrogens is 1. The Hall–Kier alpha value is -3.16. The van der Waals surface area contributed by atoms with Crippen LogP contribution in [0.2, 0.25) is 10.0 Å². The highest BCUT2D eigenvalue weighted by atomic mass is 35.5. The monoisotopic (exact) mass is 447 g/mol. The maximum atomic E-state index is 13.3. The highest BCUT2D eigenvalue weighted by Crippen LogP contribution is 2.26. The van der Waals surface area contributed by atoms with Gasteiger partial charge in [0.05, 0.1) is 5.52 Å². The molecule has 0 aliphatic rings. The summed E-state index contributed by atoms with van der Waals surface area (Å²) in [6.07, 6.45) is 0. The highest BCUT2D eigenvalue weighted by molar-refractivity contribution is 6.35. The molecule has 0 bridgehead atoms. The first-order valence-corrected chi connectivity index (χ1v) is 9.46. The highest BCUT2D eigenvalue weighted by Gasteiger charge is 2.13. The van der Waals surface area contributed by atoms with Crippen molar-refractivity contribution >= 4 is 45.8 Å². The van der Waals surface area contributed by atoms with Gasteiger partial charge in [-0.25, -0.2) is 8.78 Å². The normalized spacial score (nSPS) is 10.9. The van der Waals surface area contributed by atoms with Crippen LogP contribution in [0.25, 0.3) is 10.9 Å². The lowest BCUT2D eigenvalue weighted by molar-refractivity contribution is 0.102. The van der Waals surface area contributed by atoms with Crippen molar-refractivity contribution in [1.82, 2.24) is 10.2 Å². The topological polar surface area (TPSA) is 67.0 Å². The van der Waals surface area contributed by atoms with E-state index in [1.807, 2.05) is 0 Å². The molecule has 5 nitrogen and oxygen atoms in total. The van der Waals surface area contributed by atoms with E-state index in [-0.39, 0.29) is 6.61 Å². The van der Waals surface area contributed by atoms with Crippen molar-refractivity contribution in [3.63, 3.8) is 0 Å². The van der Waals surface area contributed by atoms with Crippen LogP contribution in [0.15, 0.2) is 54.6 Å².